The molecule has 3 aliphatic carbocycles. The summed E-state index contributed by atoms with van der Waals surface area (Å²) in [4.78, 5) is 51.4. The van der Waals surface area contributed by atoms with Crippen LogP contribution >= 0.6 is 0 Å². The van der Waals surface area contributed by atoms with Crippen molar-refractivity contribution in [1.82, 2.24) is 15.0 Å². The Labute approximate surface area is 357 Å². The zero-order valence-corrected chi connectivity index (χ0v) is 37.4. The molecule has 0 aliphatic heterocycles. The Kier molecular flexibility index (Phi) is 10.4. The van der Waals surface area contributed by atoms with Crippen molar-refractivity contribution in [3.8, 4) is 22.8 Å². The summed E-state index contributed by atoms with van der Waals surface area (Å²) in [5, 5.41) is 17.9. The van der Waals surface area contributed by atoms with Gasteiger partial charge < -0.3 is 28.3 Å². The fraction of sp³-hybridized carbons (Fsp3) is 0.396. The number of hydrogen-bond donors (Lipinski definition) is 1. The van der Waals surface area contributed by atoms with Crippen molar-refractivity contribution in [2.24, 2.45) is 11.8 Å². The van der Waals surface area contributed by atoms with Crippen molar-refractivity contribution in [3.63, 3.8) is 0 Å². The molecule has 5 aromatic rings. The van der Waals surface area contributed by atoms with E-state index >= 15 is 9.59 Å². The number of carbonyl (C=O) groups is 3. The van der Waals surface area contributed by atoms with Gasteiger partial charge in [-0.15, -0.1) is 0 Å². The maximum absolute atomic E-state index is 16.0. The number of Topliss-reactive ketones (excluding diaryl/α,β-unsaturated/α-hetero) is 2. The van der Waals surface area contributed by atoms with Gasteiger partial charge in [0.05, 0.1) is 11.6 Å². The summed E-state index contributed by atoms with van der Waals surface area (Å²) in [6.07, 6.45) is 3.04. The van der Waals surface area contributed by atoms with Crippen LogP contribution in [-0.2, 0) is 27.0 Å². The number of ketones is 2. The number of benzene rings is 3. The quantitative estimate of drug-likeness (QED) is 0.0685. The van der Waals surface area contributed by atoms with Gasteiger partial charge in [0.2, 0.25) is 11.6 Å². The largest absolute Gasteiger partial charge is 0.514 e. The highest BCUT2D eigenvalue weighted by Crippen LogP contribution is 2.59. The number of rotatable bonds is 8. The molecule has 61 heavy (non-hydrogen) atoms. The summed E-state index contributed by atoms with van der Waals surface area (Å²) in [6.45, 7) is 15.5. The summed E-state index contributed by atoms with van der Waals surface area (Å²) < 4.78 is 31.2. The third-order valence-corrected chi connectivity index (χ3v) is 17.1. The number of carbonyl (C=O) groups excluding carboxylic acids is 3. The highest BCUT2D eigenvalue weighted by Gasteiger charge is 2.69. The number of nitrogens with zero attached hydrogens (tertiary/aromatic N) is 3. The van der Waals surface area contributed by atoms with E-state index in [4.69, 9.17) is 23.2 Å². The molecule has 1 N–H and O–H groups in total. The molecule has 2 aromatic heterocycles. The second-order valence-electron chi connectivity index (χ2n) is 19.2. The molecule has 2 heterocycles. The smallest absolute Gasteiger partial charge is 0.507 e. The topological polar surface area (TPSA) is 151 Å². The van der Waals surface area contributed by atoms with E-state index in [2.05, 4.69) is 30.9 Å². The third-order valence-electron chi connectivity index (χ3n) is 12.7. The Hall–Kier alpha value is -5.63. The van der Waals surface area contributed by atoms with Crippen molar-refractivity contribution in [1.29, 1.82) is 0 Å². The molecule has 13 heteroatoms. The van der Waals surface area contributed by atoms with E-state index in [1.165, 1.54) is 0 Å². The van der Waals surface area contributed by atoms with Crippen LogP contribution in [0.15, 0.2) is 89.2 Å². The summed E-state index contributed by atoms with van der Waals surface area (Å²) >= 11 is 0. The van der Waals surface area contributed by atoms with Gasteiger partial charge in [0.25, 0.3) is 5.88 Å². The summed E-state index contributed by atoms with van der Waals surface area (Å²) in [5.74, 6) is -2.56. The van der Waals surface area contributed by atoms with Crippen LogP contribution in [0.5, 0.6) is 11.6 Å². The van der Waals surface area contributed by atoms with Crippen LogP contribution in [0.2, 0.25) is 18.1 Å². The first-order valence-corrected chi connectivity index (χ1v) is 23.6. The number of aromatic nitrogens is 2. The van der Waals surface area contributed by atoms with Crippen LogP contribution < -0.4 is 9.47 Å². The Balaban J connectivity index is 1.34. The SMILES string of the molecule is CN(C)[C@@H]1c2onc(OCc3ccccc3)c2C(=O)[C@@]2(O[Si](C)(C)C(C)(C)C)C(=O)C3=C(O)c4c(cc5ccc(-c6cccnc6)cc5c4OC(=O)OC(C)(C)C)C[C@H]3C[C@@H]12. The molecule has 1 fully saturated rings. The molecule has 0 saturated heterocycles. The average molecular weight is 844 g/mol. The zero-order chi connectivity index (χ0) is 43.8. The molecular formula is C48H53N3O9Si. The average Bonchev–Trinajstić information content (AvgIpc) is 3.60. The Bertz CT molecular complexity index is 2590. The summed E-state index contributed by atoms with van der Waals surface area (Å²) in [6, 6.07) is 20.4. The first-order chi connectivity index (χ1) is 28.7. The normalized spacial score (nSPS) is 21.5. The van der Waals surface area contributed by atoms with Gasteiger partial charge in [0, 0.05) is 34.8 Å². The maximum atomic E-state index is 16.0. The van der Waals surface area contributed by atoms with E-state index in [0.29, 0.717) is 23.1 Å². The molecule has 1 saturated carbocycles. The van der Waals surface area contributed by atoms with Gasteiger partial charge in [-0.3, -0.25) is 19.5 Å². The van der Waals surface area contributed by atoms with Gasteiger partial charge in [-0.05, 0) is 111 Å². The lowest BCUT2D eigenvalue weighted by atomic mass is 9.57. The molecule has 3 aromatic carbocycles. The molecule has 12 nitrogen and oxygen atoms in total. The standard InChI is InChI=1S/C48H53N3O9Si/c1-46(2,3)58-45(55)57-40-33-23-28(30-17-14-20-49-25-30)18-19-29(33)21-31-22-32-24-34-38(51(7)8)41-37(44(50-59-41)56-26-27-15-12-11-13-16-27)43(54)48(34,60-61(9,10)47(4,5)6)42(53)36(32)39(52)35(31)40/h11-21,23,25,32,34,38,52H,22,24,26H2,1-10H3/t32-,34-,38-,48-/m0/s1. The molecule has 0 radical (unpaired) electrons. The van der Waals surface area contributed by atoms with Crippen LogP contribution in [0, 0.1) is 11.8 Å². The number of ether oxygens (including phenoxy) is 3. The van der Waals surface area contributed by atoms with E-state index in [1.807, 2.05) is 98.8 Å². The number of pyridine rings is 1. The highest BCUT2D eigenvalue weighted by molar-refractivity contribution is 6.74. The van der Waals surface area contributed by atoms with Crippen LogP contribution in [-0.4, -0.2) is 71.5 Å². The lowest BCUT2D eigenvalue weighted by molar-refractivity contribution is -0.140. The van der Waals surface area contributed by atoms with E-state index < -0.39 is 60.2 Å². The van der Waals surface area contributed by atoms with Gasteiger partial charge in [-0.1, -0.05) is 75.4 Å². The van der Waals surface area contributed by atoms with Crippen molar-refractivity contribution >= 4 is 42.6 Å². The minimum absolute atomic E-state index is 0.0292. The van der Waals surface area contributed by atoms with Gasteiger partial charge in [-0.25, -0.2) is 4.79 Å². The van der Waals surface area contributed by atoms with Gasteiger partial charge in [0.1, 0.15) is 23.5 Å². The lowest BCUT2D eigenvalue weighted by Gasteiger charge is -2.55. The van der Waals surface area contributed by atoms with Crippen molar-refractivity contribution < 1.29 is 42.6 Å². The van der Waals surface area contributed by atoms with Crippen LogP contribution in [0.1, 0.15) is 86.8 Å². The first kappa shape index (κ1) is 42.1. The first-order valence-electron chi connectivity index (χ1n) is 20.7. The zero-order valence-electron chi connectivity index (χ0n) is 36.4. The molecule has 318 valence electrons. The van der Waals surface area contributed by atoms with Gasteiger partial charge in [-0.2, -0.15) is 0 Å². The minimum atomic E-state index is -2.98. The lowest BCUT2D eigenvalue weighted by Crippen LogP contribution is -2.68. The van der Waals surface area contributed by atoms with E-state index in [1.54, 1.807) is 33.2 Å². The summed E-state index contributed by atoms with van der Waals surface area (Å²) in [5.41, 5.74) is 0.481. The summed E-state index contributed by atoms with van der Waals surface area (Å²) in [7, 11) is 0.783. The maximum Gasteiger partial charge on any atom is 0.514 e. The third kappa shape index (κ3) is 7.25. The van der Waals surface area contributed by atoms with Crippen molar-refractivity contribution in [2.75, 3.05) is 14.1 Å². The number of aliphatic hydroxyl groups is 1. The Morgan fingerprint density at radius 2 is 1.69 bits per heavy atom. The fourth-order valence-corrected chi connectivity index (χ4v) is 10.3. The van der Waals surface area contributed by atoms with E-state index in [-0.39, 0.29) is 47.1 Å². The Morgan fingerprint density at radius 3 is 2.34 bits per heavy atom. The monoisotopic (exact) mass is 843 g/mol. The van der Waals surface area contributed by atoms with Crippen LogP contribution in [0.3, 0.4) is 0 Å². The molecule has 0 amide bonds. The molecule has 0 spiro atoms. The molecule has 3 aliphatic rings. The molecule has 0 unspecified atom stereocenters. The van der Waals surface area contributed by atoms with Gasteiger partial charge in [0.15, 0.2) is 25.4 Å². The van der Waals surface area contributed by atoms with Crippen LogP contribution in [0.25, 0.3) is 27.7 Å². The number of fused-ring (bicyclic) bond motifs is 5. The predicted molar refractivity (Wildman–Crippen MR) is 233 cm³/mol. The second-order valence-corrected chi connectivity index (χ2v) is 23.9. The van der Waals surface area contributed by atoms with E-state index in [9.17, 15) is 9.90 Å². The second kappa shape index (κ2) is 15.1. The van der Waals surface area contributed by atoms with Crippen molar-refractivity contribution in [2.45, 2.75) is 96.4 Å². The van der Waals surface area contributed by atoms with Gasteiger partial charge >= 0.3 is 6.16 Å². The Morgan fingerprint density at radius 1 is 0.951 bits per heavy atom. The molecular weight excluding hydrogens is 791 g/mol. The highest BCUT2D eigenvalue weighted by atomic mass is 28.4. The number of aliphatic hydroxyl groups excluding tert-OH is 1. The fourth-order valence-electron chi connectivity index (χ4n) is 8.88. The molecule has 4 atom stereocenters. The molecule has 8 rings (SSSR count). The molecule has 0 bridgehead atoms. The van der Waals surface area contributed by atoms with Crippen LogP contribution in [0.4, 0.5) is 4.79 Å². The predicted octanol–water partition coefficient (Wildman–Crippen LogP) is 10.1. The van der Waals surface area contributed by atoms with Crippen molar-refractivity contribution in [3.05, 3.63) is 113 Å². The minimum Gasteiger partial charge on any atom is -0.507 e. The van der Waals surface area contributed by atoms with E-state index in [0.717, 1.165) is 22.1 Å². The number of hydrogen-bond acceptors (Lipinski definition) is 12.